The molecule has 5 atom stereocenters. The maximum absolute atomic E-state index is 10.5. The molecule has 3 fully saturated rings. The van der Waals surface area contributed by atoms with Crippen LogP contribution >= 0.6 is 0 Å². The van der Waals surface area contributed by atoms with E-state index in [9.17, 15) is 15.8 Å². The van der Waals surface area contributed by atoms with Crippen LogP contribution in [0, 0.1) is 63.1 Å². The van der Waals surface area contributed by atoms with Crippen molar-refractivity contribution in [2.45, 2.75) is 44.0 Å². The zero-order valence-electron chi connectivity index (χ0n) is 17.7. The number of hydrogen-bond donors (Lipinski definition) is 1. The van der Waals surface area contributed by atoms with Crippen LogP contribution in [0.15, 0.2) is 54.6 Å². The molecule has 6 nitrogen and oxygen atoms in total. The molecule has 5 unspecified atom stereocenters. The Balaban J connectivity index is 1.69. The fourth-order valence-electron chi connectivity index (χ4n) is 6.00. The highest BCUT2D eigenvalue weighted by molar-refractivity contribution is 5.89. The van der Waals surface area contributed by atoms with E-state index in [1.165, 1.54) is 0 Å². The number of nitrogens with one attached hydrogen (secondary N) is 1. The summed E-state index contributed by atoms with van der Waals surface area (Å²) in [6.07, 6.45) is 0.760. The summed E-state index contributed by atoms with van der Waals surface area (Å²) in [7, 11) is 0. The predicted octanol–water partition coefficient (Wildman–Crippen LogP) is 4.90. The molecule has 2 aliphatic heterocycles. The van der Waals surface area contributed by atoms with Crippen molar-refractivity contribution in [3.8, 4) is 18.2 Å². The number of aryl methyl sites for hydroxylation is 1. The Morgan fingerprint density at radius 1 is 0.969 bits per heavy atom. The highest BCUT2D eigenvalue weighted by atomic mass is 16.7. The Morgan fingerprint density at radius 2 is 1.69 bits per heavy atom. The van der Waals surface area contributed by atoms with Gasteiger partial charge in [0.2, 0.25) is 17.1 Å². The summed E-state index contributed by atoms with van der Waals surface area (Å²) in [5.74, 6) is -1.97. The molecule has 3 aliphatic rings. The summed E-state index contributed by atoms with van der Waals surface area (Å²) in [6, 6.07) is 24.0. The molecule has 1 N–H and O–H groups in total. The van der Waals surface area contributed by atoms with Gasteiger partial charge in [-0.1, -0.05) is 60.2 Å². The van der Waals surface area contributed by atoms with Gasteiger partial charge in [-0.05, 0) is 36.8 Å². The molecule has 2 aromatic carbocycles. The molecule has 6 heteroatoms. The molecule has 0 aromatic heterocycles. The Hall–Kier alpha value is -3.66. The van der Waals surface area contributed by atoms with Crippen molar-refractivity contribution in [1.29, 1.82) is 21.2 Å². The fraction of sp³-hybridized carbons (Fsp3) is 0.385. The van der Waals surface area contributed by atoms with Gasteiger partial charge >= 0.3 is 0 Å². The summed E-state index contributed by atoms with van der Waals surface area (Å²) in [4.78, 5) is 0. The van der Waals surface area contributed by atoms with Gasteiger partial charge in [-0.3, -0.25) is 5.41 Å². The van der Waals surface area contributed by atoms with Gasteiger partial charge in [0.25, 0.3) is 0 Å². The third-order valence-electron chi connectivity index (χ3n) is 7.53. The van der Waals surface area contributed by atoms with E-state index in [0.29, 0.717) is 18.4 Å². The second-order valence-corrected chi connectivity index (χ2v) is 9.04. The summed E-state index contributed by atoms with van der Waals surface area (Å²) >= 11 is 0. The number of benzene rings is 2. The van der Waals surface area contributed by atoms with Gasteiger partial charge in [0, 0.05) is 6.42 Å². The molecule has 32 heavy (non-hydrogen) atoms. The third kappa shape index (κ3) is 2.38. The first-order chi connectivity index (χ1) is 15.5. The van der Waals surface area contributed by atoms with Crippen LogP contribution in [-0.2, 0) is 9.47 Å². The lowest BCUT2D eigenvalue weighted by atomic mass is 9.50. The second-order valence-electron chi connectivity index (χ2n) is 9.04. The van der Waals surface area contributed by atoms with E-state index < -0.39 is 28.6 Å². The normalized spacial score (nSPS) is 34.3. The fourth-order valence-corrected chi connectivity index (χ4v) is 6.00. The van der Waals surface area contributed by atoms with Crippen LogP contribution in [0.5, 0.6) is 0 Å². The average molecular weight is 422 g/mol. The van der Waals surface area contributed by atoms with Crippen molar-refractivity contribution < 1.29 is 9.47 Å². The number of rotatable bonds is 2. The Labute approximate surface area is 187 Å². The first kappa shape index (κ1) is 20.3. The van der Waals surface area contributed by atoms with Gasteiger partial charge in [0.15, 0.2) is 5.41 Å². The van der Waals surface area contributed by atoms with Gasteiger partial charge in [-0.25, -0.2) is 0 Å². The number of hydrogen-bond acceptors (Lipinski definition) is 6. The Kier molecular flexibility index (Phi) is 4.38. The molecule has 1 aliphatic carbocycles. The van der Waals surface area contributed by atoms with Crippen LogP contribution in [0.3, 0.4) is 0 Å². The van der Waals surface area contributed by atoms with Crippen molar-refractivity contribution >= 4 is 5.90 Å². The minimum absolute atomic E-state index is 0.130. The van der Waals surface area contributed by atoms with E-state index in [2.05, 4.69) is 30.3 Å². The molecule has 2 saturated heterocycles. The van der Waals surface area contributed by atoms with Crippen LogP contribution in [0.4, 0.5) is 0 Å². The molecule has 2 heterocycles. The van der Waals surface area contributed by atoms with Crippen molar-refractivity contribution in [3.63, 3.8) is 0 Å². The molecular weight excluding hydrogens is 400 g/mol. The van der Waals surface area contributed by atoms with E-state index in [-0.39, 0.29) is 11.8 Å². The largest absolute Gasteiger partial charge is 0.447 e. The molecule has 2 aromatic rings. The van der Waals surface area contributed by atoms with Crippen LogP contribution < -0.4 is 0 Å². The topological polar surface area (TPSA) is 114 Å². The summed E-state index contributed by atoms with van der Waals surface area (Å²) in [5.41, 5.74) is -0.875. The molecule has 0 radical (unpaired) electrons. The van der Waals surface area contributed by atoms with E-state index in [4.69, 9.17) is 14.9 Å². The van der Waals surface area contributed by atoms with Crippen LogP contribution in [0.1, 0.15) is 48.0 Å². The number of ether oxygens (including phenoxy) is 2. The lowest BCUT2D eigenvalue weighted by Crippen LogP contribution is -2.60. The maximum Gasteiger partial charge on any atom is 0.217 e. The number of nitrogens with zero attached hydrogens (tertiary/aromatic N) is 3. The highest BCUT2D eigenvalue weighted by Crippen LogP contribution is 2.70. The van der Waals surface area contributed by atoms with Crippen molar-refractivity contribution in [2.24, 2.45) is 16.7 Å². The first-order valence-electron chi connectivity index (χ1n) is 10.8. The Morgan fingerprint density at radius 3 is 2.34 bits per heavy atom. The molecule has 158 valence electrons. The SMILES string of the molecule is Cc1cccc(C2OC34CCC(c5ccccc5)CC3C(C#N)(C(=N)O4)C2(C#N)C#N)c1. The minimum Gasteiger partial charge on any atom is -0.447 e. The van der Waals surface area contributed by atoms with Gasteiger partial charge in [-0.15, -0.1) is 0 Å². The van der Waals surface area contributed by atoms with E-state index in [1.807, 2.05) is 49.4 Å². The molecule has 0 amide bonds. The minimum atomic E-state index is -1.91. The van der Waals surface area contributed by atoms with E-state index >= 15 is 0 Å². The van der Waals surface area contributed by atoms with Crippen molar-refractivity contribution in [1.82, 2.24) is 0 Å². The van der Waals surface area contributed by atoms with E-state index in [1.54, 1.807) is 0 Å². The summed E-state index contributed by atoms with van der Waals surface area (Å²) in [6.45, 7) is 1.92. The first-order valence-corrected chi connectivity index (χ1v) is 10.8. The maximum atomic E-state index is 10.5. The quantitative estimate of drug-likeness (QED) is 0.739. The monoisotopic (exact) mass is 422 g/mol. The molecule has 2 bridgehead atoms. The number of nitriles is 3. The van der Waals surface area contributed by atoms with Gasteiger partial charge in [0.1, 0.15) is 6.10 Å². The zero-order chi connectivity index (χ0) is 22.6. The second kappa shape index (κ2) is 6.92. The molecule has 5 rings (SSSR count). The molecular formula is C26H22N4O2. The zero-order valence-corrected chi connectivity index (χ0v) is 17.7. The standard InChI is InChI=1S/C26H22N4O2/c1-17-6-5-9-20(12-17)22-24(14-27,15-28)25(16-29)21-13-19(18-7-3-2-4-8-18)10-11-26(21,31-22)32-23(25)30/h2-9,12,19,21-22,30H,10-11,13H2,1H3. The highest BCUT2D eigenvalue weighted by Gasteiger charge is 2.81. The predicted molar refractivity (Wildman–Crippen MR) is 115 cm³/mol. The van der Waals surface area contributed by atoms with Crippen molar-refractivity contribution in [3.05, 3.63) is 71.3 Å². The Bertz CT molecular complexity index is 1210. The van der Waals surface area contributed by atoms with Crippen LogP contribution in [0.25, 0.3) is 0 Å². The summed E-state index contributed by atoms with van der Waals surface area (Å²) in [5, 5.41) is 40.0. The van der Waals surface area contributed by atoms with Gasteiger partial charge in [0.05, 0.1) is 24.1 Å². The molecule has 0 spiro atoms. The van der Waals surface area contributed by atoms with Gasteiger partial charge < -0.3 is 9.47 Å². The lowest BCUT2D eigenvalue weighted by molar-refractivity contribution is -0.296. The van der Waals surface area contributed by atoms with Gasteiger partial charge in [-0.2, -0.15) is 15.8 Å². The van der Waals surface area contributed by atoms with E-state index in [0.717, 1.165) is 17.5 Å². The molecule has 1 saturated carbocycles. The average Bonchev–Trinajstić information content (AvgIpc) is 3.03. The lowest BCUT2D eigenvalue weighted by Gasteiger charge is -2.52. The van der Waals surface area contributed by atoms with Crippen LogP contribution in [-0.4, -0.2) is 11.7 Å². The smallest absolute Gasteiger partial charge is 0.217 e. The van der Waals surface area contributed by atoms with Crippen molar-refractivity contribution in [2.75, 3.05) is 0 Å². The summed E-state index contributed by atoms with van der Waals surface area (Å²) < 4.78 is 12.6. The third-order valence-corrected chi connectivity index (χ3v) is 7.53. The van der Waals surface area contributed by atoms with Crippen LogP contribution in [0.2, 0.25) is 0 Å².